The average Bonchev–Trinajstić information content (AvgIpc) is 1.86. The van der Waals surface area contributed by atoms with Crippen molar-refractivity contribution in [3.8, 4) is 0 Å². The first kappa shape index (κ1) is 65.7. The van der Waals surface area contributed by atoms with Crippen LogP contribution in [0.1, 0.15) is 90.0 Å². The number of aromatic nitrogens is 4. The van der Waals surface area contributed by atoms with Crippen LogP contribution in [0, 0.1) is 0 Å². The van der Waals surface area contributed by atoms with Crippen molar-refractivity contribution in [3.63, 3.8) is 0 Å². The lowest BCUT2D eigenvalue weighted by atomic mass is 10.0. The highest BCUT2D eigenvalue weighted by Crippen LogP contribution is 2.38. The molecule has 4 saturated heterocycles. The summed E-state index contributed by atoms with van der Waals surface area (Å²) in [5, 5.41) is 17.5. The molecule has 6 aromatic rings. The summed E-state index contributed by atoms with van der Waals surface area (Å²) in [7, 11) is 0. The third-order valence-electron chi connectivity index (χ3n) is 14.8. The van der Waals surface area contributed by atoms with Crippen molar-refractivity contribution in [3.05, 3.63) is 143 Å². The summed E-state index contributed by atoms with van der Waals surface area (Å²) in [4.78, 5) is 83.3. The summed E-state index contributed by atoms with van der Waals surface area (Å²) in [6.45, 7) is 19.9. The number of rotatable bonds is 13. The van der Waals surface area contributed by atoms with E-state index >= 15 is 0 Å². The highest BCUT2D eigenvalue weighted by molar-refractivity contribution is 6.09. The minimum absolute atomic E-state index is 0. The van der Waals surface area contributed by atoms with Gasteiger partial charge >= 0.3 is 18.2 Å². The van der Waals surface area contributed by atoms with Gasteiger partial charge in [0.05, 0.1) is 74.2 Å². The predicted octanol–water partition coefficient (Wildman–Crippen LogP) is 8.76. The third kappa shape index (κ3) is 18.0. The zero-order chi connectivity index (χ0) is 61.2. The quantitative estimate of drug-likeness (QED) is 0.0676. The average molecular weight is 1220 g/mol. The Morgan fingerprint density at radius 3 is 1.38 bits per heavy atom. The Labute approximate surface area is 521 Å². The van der Waals surface area contributed by atoms with E-state index < -0.39 is 29.4 Å². The molecule has 0 radical (unpaired) electrons. The number of aliphatic imine (C=N–C) groups is 2. The van der Waals surface area contributed by atoms with Crippen molar-refractivity contribution >= 4 is 81.2 Å². The number of benzene rings is 2. The van der Waals surface area contributed by atoms with E-state index in [1.807, 2.05) is 127 Å². The Morgan fingerprint density at radius 1 is 0.562 bits per heavy atom. The molecule has 0 bridgehead atoms. The molecule has 0 saturated carbocycles. The Bertz CT molecular complexity index is 3490. The lowest BCUT2D eigenvalue weighted by Gasteiger charge is -2.41. The number of nitrogens with one attached hydrogen (secondary N) is 3. The summed E-state index contributed by atoms with van der Waals surface area (Å²) in [6.07, 6.45) is 7.87. The van der Waals surface area contributed by atoms with E-state index in [1.165, 1.54) is 11.1 Å². The minimum Gasteiger partial charge on any atom is -0.481 e. The van der Waals surface area contributed by atoms with E-state index in [0.717, 1.165) is 121 Å². The van der Waals surface area contributed by atoms with Crippen LogP contribution in [0.5, 0.6) is 0 Å². The fourth-order valence-electron chi connectivity index (χ4n) is 10.5. The molecule has 0 aliphatic carbocycles. The minimum atomic E-state index is -0.905. The Balaban J connectivity index is 0.000000188. The van der Waals surface area contributed by atoms with Crippen molar-refractivity contribution in [2.45, 2.75) is 105 Å². The van der Waals surface area contributed by atoms with E-state index in [1.54, 1.807) is 18.5 Å². The number of nitrogens with two attached hydrogens (primary N) is 1. The molecule has 2 aromatic carbocycles. The Hall–Kier alpha value is -9.22. The molecule has 12 rings (SSSR count). The summed E-state index contributed by atoms with van der Waals surface area (Å²) in [5.41, 5.74) is 17.9. The molecule has 0 unspecified atom stereocenters. The zero-order valence-corrected chi connectivity index (χ0v) is 50.1. The summed E-state index contributed by atoms with van der Waals surface area (Å²) in [6, 6.07) is 27.3. The van der Waals surface area contributed by atoms with Gasteiger partial charge in [0.15, 0.2) is 11.6 Å². The molecule has 89 heavy (non-hydrogen) atoms. The molecule has 10 heterocycles. The van der Waals surface area contributed by atoms with Gasteiger partial charge in [-0.2, -0.15) is 0 Å². The largest absolute Gasteiger partial charge is 0.481 e. The van der Waals surface area contributed by atoms with Crippen LogP contribution < -0.4 is 41.3 Å². The molecule has 6 aliphatic rings. The molecule has 3 amide bonds. The van der Waals surface area contributed by atoms with E-state index in [-0.39, 0.29) is 45.7 Å². The highest BCUT2D eigenvalue weighted by atomic mass is 16.6. The van der Waals surface area contributed by atoms with Crippen LogP contribution in [-0.2, 0) is 54.2 Å². The fourth-order valence-corrected chi connectivity index (χ4v) is 10.5. The van der Waals surface area contributed by atoms with Gasteiger partial charge in [-0.25, -0.2) is 29.5 Å². The van der Waals surface area contributed by atoms with Gasteiger partial charge in [0.25, 0.3) is 0 Å². The molecule has 0 atom stereocenters. The van der Waals surface area contributed by atoms with Gasteiger partial charge in [-0.3, -0.25) is 19.6 Å². The molecular weight excluding hydrogens is 1130 g/mol. The number of nitrogens with zero attached hydrogens (tertiary/aromatic N) is 10. The second-order valence-corrected chi connectivity index (χ2v) is 24.0. The highest BCUT2D eigenvalue weighted by Gasteiger charge is 2.32. The number of carboxylic acid groups (broad SMARTS) is 1. The number of carbonyl (C=O) groups excluding carboxylic acids is 3. The van der Waals surface area contributed by atoms with Crippen molar-refractivity contribution < 1.29 is 43.2 Å². The summed E-state index contributed by atoms with van der Waals surface area (Å²) >= 11 is 0. The molecule has 23 heteroatoms. The monoisotopic (exact) mass is 1220 g/mol. The number of nitrogen functional groups attached to an aromatic ring is 1. The second-order valence-electron chi connectivity index (χ2n) is 24.0. The maximum Gasteiger partial charge on any atom is 0.407 e. The molecular formula is C66H84N14O9. The van der Waals surface area contributed by atoms with Crippen molar-refractivity contribution in [2.75, 3.05) is 109 Å². The third-order valence-corrected chi connectivity index (χ3v) is 14.8. The molecule has 4 fully saturated rings. The summed E-state index contributed by atoms with van der Waals surface area (Å²) in [5.74, 6) is 0.852. The molecule has 23 nitrogen and oxygen atoms in total. The lowest BCUT2D eigenvalue weighted by molar-refractivity contribution is -0.136. The number of morpholine rings is 2. The van der Waals surface area contributed by atoms with Gasteiger partial charge in [0.1, 0.15) is 22.6 Å². The smallest absolute Gasteiger partial charge is 0.407 e. The first-order valence-electron chi connectivity index (χ1n) is 29.4. The van der Waals surface area contributed by atoms with Gasteiger partial charge in [-0.1, -0.05) is 39.1 Å². The molecule has 6 aliphatic heterocycles. The maximum absolute atomic E-state index is 12.8. The molecule has 0 spiro atoms. The van der Waals surface area contributed by atoms with Gasteiger partial charge < -0.3 is 65.3 Å². The van der Waals surface area contributed by atoms with Crippen LogP contribution in [0.15, 0.2) is 120 Å². The van der Waals surface area contributed by atoms with Crippen LogP contribution >= 0.6 is 0 Å². The number of carboxylic acids is 1. The lowest BCUT2D eigenvalue weighted by Crippen LogP contribution is -2.60. The number of ether oxygens (including phenoxy) is 4. The molecule has 472 valence electrons. The van der Waals surface area contributed by atoms with E-state index in [4.69, 9.17) is 39.8 Å². The number of anilines is 6. The maximum atomic E-state index is 12.8. The van der Waals surface area contributed by atoms with Crippen molar-refractivity contribution in [1.82, 2.24) is 30.6 Å². The van der Waals surface area contributed by atoms with Gasteiger partial charge in [0.2, 0.25) is 5.91 Å². The van der Waals surface area contributed by atoms with Crippen molar-refractivity contribution in [1.29, 1.82) is 0 Å². The predicted molar refractivity (Wildman–Crippen MR) is 348 cm³/mol. The summed E-state index contributed by atoms with van der Waals surface area (Å²) < 4.78 is 21.5. The number of fused-ring (bicyclic) bond motifs is 2. The van der Waals surface area contributed by atoms with Crippen molar-refractivity contribution in [2.24, 2.45) is 9.98 Å². The molecule has 6 N–H and O–H groups in total. The number of carbonyl (C=O) groups is 4. The van der Waals surface area contributed by atoms with Gasteiger partial charge in [-0.15, -0.1) is 0 Å². The first-order valence-corrected chi connectivity index (χ1v) is 29.4. The van der Waals surface area contributed by atoms with Crippen LogP contribution in [0.25, 0.3) is 0 Å². The number of alkyl carbamates (subject to hydrolysis) is 2. The number of pyridine rings is 4. The number of aliphatic carboxylic acids is 1. The Morgan fingerprint density at radius 2 is 0.966 bits per heavy atom. The number of amides is 3. The van der Waals surface area contributed by atoms with Gasteiger partial charge in [-0.05, 0) is 124 Å². The van der Waals surface area contributed by atoms with E-state index in [9.17, 15) is 19.2 Å². The van der Waals surface area contributed by atoms with Crippen LogP contribution in [0.4, 0.5) is 55.3 Å². The number of hydrogen-bond donors (Lipinski definition) is 5. The molecule has 4 aromatic heterocycles. The second kappa shape index (κ2) is 29.2. The van der Waals surface area contributed by atoms with Gasteiger partial charge in [0, 0.05) is 113 Å². The SMILES string of the molecule is C.C.CC(C)(C)OC(=O)NC1CN(c2ccnc(CC(=O)Nc3ccc(C4=Nc5c(ccnc5N5CCOCC5)C4)cc3)c2)C1.CC(C)(C)OC(=O)NC1CN(c2ccnc(CC(=O)O)c2)C1.Nc1ccc(C2=Nc3c(ccnc3N3CCOCC3)C2)cc1. The zero-order valence-electron chi connectivity index (χ0n) is 50.1. The van der Waals surface area contributed by atoms with E-state index in [2.05, 4.69) is 61.6 Å². The standard InChI is InChI=1S/C32H37N7O4.C17H18N4O.C15H21N3O4.2CH4/c1-32(2,3)43-31(41)36-25-19-39(20-25)26-9-11-33-24(17-26)18-28(40)35-23-6-4-21(5-7-23)27-16-22-8-10-34-30(29(22)37-27)38-12-14-42-15-13-38;18-14-3-1-12(2-4-14)15-11-13-5-6-19-17(16(13)20-15)21-7-9-22-10-8-21;1-15(2,3)22-14(21)17-11-8-18(9-11)12-4-5-16-10(6-12)7-13(19)20;;/h4-11,17,25H,12-16,18-20H2,1-3H3,(H,35,40)(H,36,41);1-6H,7-11,18H2;4-6,11H,7-9H2,1-3H3,(H,17,21)(H,19,20);2*1H4. The normalized spacial score (nSPS) is 16.1. The van der Waals surface area contributed by atoms with Crippen LogP contribution in [0.2, 0.25) is 0 Å². The number of hydrogen-bond acceptors (Lipinski definition) is 19. The first-order chi connectivity index (χ1) is 41.7. The fraction of sp³-hybridized carbons (Fsp3) is 0.424. The van der Waals surface area contributed by atoms with Crippen LogP contribution in [0.3, 0.4) is 0 Å². The Kier molecular flexibility index (Phi) is 21.6. The van der Waals surface area contributed by atoms with Crippen LogP contribution in [-0.4, -0.2) is 163 Å². The topological polar surface area (TPSA) is 277 Å². The van der Waals surface area contributed by atoms with E-state index in [0.29, 0.717) is 50.8 Å².